The second-order valence-corrected chi connectivity index (χ2v) is 4.75. The number of aryl methyl sites for hydroxylation is 2. The van der Waals surface area contributed by atoms with Crippen LogP contribution in [-0.4, -0.2) is 26.0 Å². The number of hydrogen-bond donors (Lipinski definition) is 1. The van der Waals surface area contributed by atoms with Crippen LogP contribution in [0, 0.1) is 6.92 Å². The summed E-state index contributed by atoms with van der Waals surface area (Å²) in [6.45, 7) is 3.88. The molecule has 19 heavy (non-hydrogen) atoms. The van der Waals surface area contributed by atoms with E-state index >= 15 is 0 Å². The summed E-state index contributed by atoms with van der Waals surface area (Å²) >= 11 is 5.80. The predicted octanol–water partition coefficient (Wildman–Crippen LogP) is 2.66. The monoisotopic (exact) mass is 277 g/mol. The Hall–Kier alpha value is -1.75. The molecule has 0 aliphatic heterocycles. The van der Waals surface area contributed by atoms with Crippen LogP contribution in [0.3, 0.4) is 0 Å². The fourth-order valence-electron chi connectivity index (χ4n) is 1.74. The summed E-state index contributed by atoms with van der Waals surface area (Å²) in [7, 11) is 0. The summed E-state index contributed by atoms with van der Waals surface area (Å²) in [4.78, 5) is 16.2. The highest BCUT2D eigenvalue weighted by Crippen LogP contribution is 2.10. The molecule has 0 fully saturated rings. The first-order valence-corrected chi connectivity index (χ1v) is 6.55. The summed E-state index contributed by atoms with van der Waals surface area (Å²) < 4.78 is 0. The Labute approximate surface area is 117 Å². The van der Waals surface area contributed by atoms with Crippen LogP contribution in [0.2, 0.25) is 5.28 Å². The molecule has 0 radical (unpaired) electrons. The molecule has 0 saturated heterocycles. The van der Waals surface area contributed by atoms with Crippen molar-refractivity contribution in [2.45, 2.75) is 32.7 Å². The number of nitrogens with one attached hydrogen (secondary N) is 1. The quantitative estimate of drug-likeness (QED) is 0.910. The average Bonchev–Trinajstić information content (AvgIpc) is 2.36. The van der Waals surface area contributed by atoms with Gasteiger partial charge in [-0.2, -0.15) is 9.97 Å². The van der Waals surface area contributed by atoms with Crippen LogP contribution >= 0.6 is 11.6 Å². The predicted molar refractivity (Wildman–Crippen MR) is 75.2 cm³/mol. The van der Waals surface area contributed by atoms with E-state index in [2.05, 4.69) is 32.2 Å². The van der Waals surface area contributed by atoms with Crippen molar-refractivity contribution in [1.82, 2.24) is 19.9 Å². The third-order valence-corrected chi connectivity index (χ3v) is 2.88. The maximum Gasteiger partial charge on any atom is 0.227 e. The van der Waals surface area contributed by atoms with Crippen LogP contribution in [0.5, 0.6) is 0 Å². The van der Waals surface area contributed by atoms with Gasteiger partial charge < -0.3 is 5.32 Å². The maximum atomic E-state index is 5.80. The van der Waals surface area contributed by atoms with Gasteiger partial charge in [-0.3, -0.25) is 4.98 Å². The molecule has 2 aromatic rings. The van der Waals surface area contributed by atoms with Crippen LogP contribution in [0.25, 0.3) is 0 Å². The minimum atomic E-state index is 0.219. The molecule has 0 bridgehead atoms. The van der Waals surface area contributed by atoms with Gasteiger partial charge in [-0.05, 0) is 56.0 Å². The average molecular weight is 278 g/mol. The second-order valence-electron chi connectivity index (χ2n) is 4.41. The van der Waals surface area contributed by atoms with Crippen molar-refractivity contribution >= 4 is 17.5 Å². The van der Waals surface area contributed by atoms with Crippen molar-refractivity contribution in [3.05, 3.63) is 41.2 Å². The molecule has 0 aliphatic rings. The molecule has 0 aliphatic carbocycles. The van der Waals surface area contributed by atoms with Crippen LogP contribution < -0.4 is 5.32 Å². The summed E-state index contributed by atoms with van der Waals surface area (Å²) in [6, 6.07) is 4.30. The highest BCUT2D eigenvalue weighted by molar-refractivity contribution is 6.28. The van der Waals surface area contributed by atoms with E-state index in [0.29, 0.717) is 11.8 Å². The molecule has 0 amide bonds. The van der Waals surface area contributed by atoms with E-state index in [0.717, 1.165) is 12.8 Å². The fraction of sp³-hybridized carbons (Fsp3) is 0.385. The lowest BCUT2D eigenvalue weighted by Crippen LogP contribution is -2.18. The number of hydrogen-bond acceptors (Lipinski definition) is 5. The van der Waals surface area contributed by atoms with Gasteiger partial charge in [-0.1, -0.05) is 0 Å². The molecule has 6 heteroatoms. The largest absolute Gasteiger partial charge is 0.352 e. The number of aromatic nitrogens is 4. The number of anilines is 1. The highest BCUT2D eigenvalue weighted by atomic mass is 35.5. The molecule has 5 nitrogen and oxygen atoms in total. The molecule has 2 heterocycles. The van der Waals surface area contributed by atoms with Crippen molar-refractivity contribution in [2.24, 2.45) is 0 Å². The van der Waals surface area contributed by atoms with Crippen molar-refractivity contribution in [3.63, 3.8) is 0 Å². The summed E-state index contributed by atoms with van der Waals surface area (Å²) in [5.41, 5.74) is 1.27. The highest BCUT2D eigenvalue weighted by Gasteiger charge is 2.06. The summed E-state index contributed by atoms with van der Waals surface area (Å²) in [5.74, 6) is 1.14. The van der Waals surface area contributed by atoms with Gasteiger partial charge in [0.25, 0.3) is 0 Å². The van der Waals surface area contributed by atoms with E-state index in [1.54, 1.807) is 6.92 Å². The minimum absolute atomic E-state index is 0.219. The van der Waals surface area contributed by atoms with Crippen molar-refractivity contribution in [2.75, 3.05) is 5.32 Å². The van der Waals surface area contributed by atoms with E-state index in [4.69, 9.17) is 11.6 Å². The molecule has 1 N–H and O–H groups in total. The zero-order chi connectivity index (χ0) is 13.7. The molecular weight excluding hydrogens is 262 g/mol. The Balaban J connectivity index is 1.89. The molecule has 1 unspecified atom stereocenters. The zero-order valence-corrected chi connectivity index (χ0v) is 11.7. The van der Waals surface area contributed by atoms with E-state index in [9.17, 15) is 0 Å². The zero-order valence-electron chi connectivity index (χ0n) is 11.0. The van der Waals surface area contributed by atoms with Gasteiger partial charge in [-0.15, -0.1) is 0 Å². The Morgan fingerprint density at radius 3 is 2.63 bits per heavy atom. The molecule has 0 aromatic carbocycles. The van der Waals surface area contributed by atoms with Gasteiger partial charge in [0.1, 0.15) is 5.82 Å². The molecule has 100 valence electrons. The first-order chi connectivity index (χ1) is 9.13. The van der Waals surface area contributed by atoms with Crippen LogP contribution in [-0.2, 0) is 6.42 Å². The molecular formula is C13H16ClN5. The fourth-order valence-corrected chi connectivity index (χ4v) is 1.94. The molecule has 2 aromatic heterocycles. The Bertz CT molecular complexity index is 512. The number of pyridine rings is 1. The standard InChI is InChI=1S/C13H16ClN5/c1-9(3-4-11-5-7-15-8-6-11)16-13-18-10(2)17-12(14)19-13/h5-9H,3-4H2,1-2H3,(H,16,17,18,19). The van der Waals surface area contributed by atoms with Crippen LogP contribution in [0.15, 0.2) is 24.5 Å². The van der Waals surface area contributed by atoms with Gasteiger partial charge in [0.05, 0.1) is 0 Å². The minimum Gasteiger partial charge on any atom is -0.352 e. The summed E-state index contributed by atoms with van der Waals surface area (Å²) in [5, 5.41) is 3.45. The van der Waals surface area contributed by atoms with E-state index in [1.807, 2.05) is 24.5 Å². The number of rotatable bonds is 5. The molecule has 2 rings (SSSR count). The lowest BCUT2D eigenvalue weighted by Gasteiger charge is -2.13. The second kappa shape index (κ2) is 6.43. The smallest absolute Gasteiger partial charge is 0.227 e. The first-order valence-electron chi connectivity index (χ1n) is 6.17. The normalized spacial score (nSPS) is 12.2. The molecule has 0 saturated carbocycles. The maximum absolute atomic E-state index is 5.80. The van der Waals surface area contributed by atoms with Crippen LogP contribution in [0.1, 0.15) is 24.7 Å². The Kier molecular flexibility index (Phi) is 4.63. The van der Waals surface area contributed by atoms with E-state index < -0.39 is 0 Å². The van der Waals surface area contributed by atoms with Gasteiger partial charge in [0, 0.05) is 18.4 Å². The Morgan fingerprint density at radius 1 is 1.21 bits per heavy atom. The number of nitrogens with zero attached hydrogens (tertiary/aromatic N) is 4. The topological polar surface area (TPSA) is 63.6 Å². The SMILES string of the molecule is Cc1nc(Cl)nc(NC(C)CCc2ccncc2)n1. The lowest BCUT2D eigenvalue weighted by molar-refractivity contribution is 0.696. The summed E-state index contributed by atoms with van der Waals surface area (Å²) in [6.07, 6.45) is 5.58. The van der Waals surface area contributed by atoms with E-state index in [-0.39, 0.29) is 11.3 Å². The molecule has 1 atom stereocenters. The van der Waals surface area contributed by atoms with Crippen molar-refractivity contribution in [1.29, 1.82) is 0 Å². The van der Waals surface area contributed by atoms with Crippen LogP contribution in [0.4, 0.5) is 5.95 Å². The van der Waals surface area contributed by atoms with Crippen molar-refractivity contribution < 1.29 is 0 Å². The number of halogens is 1. The van der Waals surface area contributed by atoms with Gasteiger partial charge in [-0.25, -0.2) is 4.98 Å². The van der Waals surface area contributed by atoms with Crippen molar-refractivity contribution in [3.8, 4) is 0 Å². The van der Waals surface area contributed by atoms with Gasteiger partial charge in [0.2, 0.25) is 11.2 Å². The molecule has 0 spiro atoms. The van der Waals surface area contributed by atoms with E-state index in [1.165, 1.54) is 5.56 Å². The third kappa shape index (κ3) is 4.44. The van der Waals surface area contributed by atoms with Gasteiger partial charge in [0.15, 0.2) is 0 Å². The lowest BCUT2D eigenvalue weighted by atomic mass is 10.1. The Morgan fingerprint density at radius 2 is 1.95 bits per heavy atom. The first kappa shape index (κ1) is 13.7. The van der Waals surface area contributed by atoms with Gasteiger partial charge >= 0.3 is 0 Å². The third-order valence-electron chi connectivity index (χ3n) is 2.71.